The highest BCUT2D eigenvalue weighted by atomic mass is 16.5. The van der Waals surface area contributed by atoms with Gasteiger partial charge in [-0.1, -0.05) is 55.5 Å². The van der Waals surface area contributed by atoms with Crippen LogP contribution in [0.15, 0.2) is 48.5 Å². The van der Waals surface area contributed by atoms with Gasteiger partial charge < -0.3 is 24.8 Å². The second-order valence-corrected chi connectivity index (χ2v) is 9.27. The maximum atomic E-state index is 12.8. The van der Waals surface area contributed by atoms with Crippen molar-refractivity contribution >= 4 is 18.0 Å². The number of alkyl carbamates (subject to hydrolysis) is 1. The van der Waals surface area contributed by atoms with E-state index < -0.39 is 17.7 Å². The standard InChI is InChI=1S/C27H32N2O6/c1-18(24(30)29-15-12-27(34-2,13-16-29)25(31)32)11-14-28-26(33)35-17-23-21-9-5-3-7-19(21)20-8-4-6-10-22(20)23/h3-10,18,23H,11-17H2,1-2H3,(H,28,33)(H,31,32). The van der Waals surface area contributed by atoms with Crippen LogP contribution in [0.1, 0.15) is 43.2 Å². The predicted octanol–water partition coefficient (Wildman–Crippen LogP) is 3.64. The van der Waals surface area contributed by atoms with E-state index in [0.29, 0.717) is 26.1 Å². The summed E-state index contributed by atoms with van der Waals surface area (Å²) < 4.78 is 10.8. The van der Waals surface area contributed by atoms with Crippen molar-refractivity contribution in [2.24, 2.45) is 5.92 Å². The summed E-state index contributed by atoms with van der Waals surface area (Å²) in [5.74, 6) is -1.34. The summed E-state index contributed by atoms with van der Waals surface area (Å²) in [5.41, 5.74) is 3.44. The van der Waals surface area contributed by atoms with Crippen molar-refractivity contribution in [1.29, 1.82) is 0 Å². The van der Waals surface area contributed by atoms with Crippen LogP contribution in [-0.2, 0) is 19.1 Å². The Morgan fingerprint density at radius 3 is 2.17 bits per heavy atom. The highest BCUT2D eigenvalue weighted by Gasteiger charge is 2.43. The van der Waals surface area contributed by atoms with Crippen LogP contribution < -0.4 is 5.32 Å². The number of benzene rings is 2. The summed E-state index contributed by atoms with van der Waals surface area (Å²) >= 11 is 0. The van der Waals surface area contributed by atoms with E-state index >= 15 is 0 Å². The Kier molecular flexibility index (Phi) is 7.40. The zero-order valence-electron chi connectivity index (χ0n) is 20.2. The predicted molar refractivity (Wildman–Crippen MR) is 130 cm³/mol. The van der Waals surface area contributed by atoms with Crippen molar-refractivity contribution in [3.63, 3.8) is 0 Å². The molecule has 1 heterocycles. The lowest BCUT2D eigenvalue weighted by molar-refractivity contribution is -0.170. The molecule has 35 heavy (non-hydrogen) atoms. The van der Waals surface area contributed by atoms with E-state index in [1.54, 1.807) is 4.90 Å². The van der Waals surface area contributed by atoms with E-state index in [9.17, 15) is 19.5 Å². The number of hydrogen-bond acceptors (Lipinski definition) is 5. The topological polar surface area (TPSA) is 105 Å². The van der Waals surface area contributed by atoms with Gasteiger partial charge >= 0.3 is 12.1 Å². The maximum absolute atomic E-state index is 12.8. The molecular weight excluding hydrogens is 448 g/mol. The van der Waals surface area contributed by atoms with Gasteiger partial charge in [-0.25, -0.2) is 9.59 Å². The molecule has 2 aliphatic rings. The number of hydrogen-bond donors (Lipinski definition) is 2. The molecule has 2 N–H and O–H groups in total. The number of carboxylic acids is 1. The number of nitrogens with one attached hydrogen (secondary N) is 1. The number of carbonyl (C=O) groups is 3. The van der Waals surface area contributed by atoms with Gasteiger partial charge in [-0.2, -0.15) is 0 Å². The number of carbonyl (C=O) groups excluding carboxylic acids is 2. The zero-order valence-corrected chi connectivity index (χ0v) is 20.2. The fraction of sp³-hybridized carbons (Fsp3) is 0.444. The molecule has 8 nitrogen and oxygen atoms in total. The van der Waals surface area contributed by atoms with Gasteiger partial charge in [-0.05, 0) is 28.7 Å². The molecule has 1 fully saturated rings. The van der Waals surface area contributed by atoms with Crippen LogP contribution in [0.4, 0.5) is 4.79 Å². The van der Waals surface area contributed by atoms with Gasteiger partial charge in [0, 0.05) is 51.4 Å². The van der Waals surface area contributed by atoms with Crippen molar-refractivity contribution in [2.75, 3.05) is 33.4 Å². The average molecular weight is 481 g/mol. The van der Waals surface area contributed by atoms with Gasteiger partial charge in [0.1, 0.15) is 6.61 Å². The Labute approximate surface area is 205 Å². The SMILES string of the molecule is COC1(C(=O)O)CCN(C(=O)C(C)CCNC(=O)OCC2c3ccccc3-c3ccccc32)CC1. The quantitative estimate of drug-likeness (QED) is 0.598. The van der Waals surface area contributed by atoms with Crippen LogP contribution in [0.3, 0.4) is 0 Å². The minimum absolute atomic E-state index is 0.00206. The van der Waals surface area contributed by atoms with Crippen LogP contribution in [0.2, 0.25) is 0 Å². The van der Waals surface area contributed by atoms with Crippen LogP contribution in [-0.4, -0.2) is 66.9 Å². The van der Waals surface area contributed by atoms with Crippen molar-refractivity contribution < 1.29 is 29.0 Å². The number of nitrogens with zero attached hydrogens (tertiary/aromatic N) is 1. The number of amides is 2. The van der Waals surface area contributed by atoms with Crippen molar-refractivity contribution in [2.45, 2.75) is 37.7 Å². The maximum Gasteiger partial charge on any atom is 0.407 e. The summed E-state index contributed by atoms with van der Waals surface area (Å²) in [6.07, 6.45) is 0.481. The Bertz CT molecular complexity index is 1050. The number of ether oxygens (including phenoxy) is 2. The molecule has 0 saturated carbocycles. The van der Waals surface area contributed by atoms with Crippen LogP contribution in [0.5, 0.6) is 0 Å². The lowest BCUT2D eigenvalue weighted by Gasteiger charge is -2.38. The molecule has 2 aromatic rings. The zero-order chi connectivity index (χ0) is 25.0. The van der Waals surface area contributed by atoms with Crippen LogP contribution in [0.25, 0.3) is 11.1 Å². The average Bonchev–Trinajstić information content (AvgIpc) is 3.20. The van der Waals surface area contributed by atoms with E-state index in [1.807, 2.05) is 31.2 Å². The molecular formula is C27H32N2O6. The first-order valence-corrected chi connectivity index (χ1v) is 12.0. The normalized spacial score (nSPS) is 17.3. The van der Waals surface area contributed by atoms with Gasteiger partial charge in [0.05, 0.1) is 0 Å². The van der Waals surface area contributed by atoms with Crippen molar-refractivity contribution in [3.05, 3.63) is 59.7 Å². The van der Waals surface area contributed by atoms with Gasteiger partial charge in [-0.15, -0.1) is 0 Å². The highest BCUT2D eigenvalue weighted by Crippen LogP contribution is 2.44. The number of likely N-dealkylation sites (tertiary alicyclic amines) is 1. The molecule has 2 amide bonds. The molecule has 1 aliphatic heterocycles. The Morgan fingerprint density at radius 1 is 1.06 bits per heavy atom. The van der Waals surface area contributed by atoms with Gasteiger partial charge in [-0.3, -0.25) is 4.79 Å². The first-order chi connectivity index (χ1) is 16.9. The molecule has 0 bridgehead atoms. The van der Waals surface area contributed by atoms with E-state index in [-0.39, 0.29) is 37.2 Å². The largest absolute Gasteiger partial charge is 0.479 e. The molecule has 1 aliphatic carbocycles. The number of fused-ring (bicyclic) bond motifs is 3. The monoisotopic (exact) mass is 480 g/mol. The fourth-order valence-corrected chi connectivity index (χ4v) is 5.07. The molecule has 2 aromatic carbocycles. The molecule has 186 valence electrons. The lowest BCUT2D eigenvalue weighted by Crippen LogP contribution is -2.52. The van der Waals surface area contributed by atoms with Gasteiger partial charge in [0.25, 0.3) is 0 Å². The van der Waals surface area contributed by atoms with Gasteiger partial charge in [0.2, 0.25) is 5.91 Å². The number of methoxy groups -OCH3 is 1. The highest BCUT2D eigenvalue weighted by molar-refractivity contribution is 5.81. The summed E-state index contributed by atoms with van der Waals surface area (Å²) in [7, 11) is 1.39. The first-order valence-electron chi connectivity index (χ1n) is 12.0. The molecule has 4 rings (SSSR count). The second kappa shape index (κ2) is 10.5. The third-order valence-electron chi connectivity index (χ3n) is 7.28. The van der Waals surface area contributed by atoms with Crippen LogP contribution >= 0.6 is 0 Å². The van der Waals surface area contributed by atoms with Crippen molar-refractivity contribution in [3.8, 4) is 11.1 Å². The molecule has 1 unspecified atom stereocenters. The Hall–Kier alpha value is -3.39. The van der Waals surface area contributed by atoms with E-state index in [1.165, 1.54) is 18.2 Å². The minimum Gasteiger partial charge on any atom is -0.479 e. The summed E-state index contributed by atoms with van der Waals surface area (Å²) in [5, 5.41) is 12.2. The van der Waals surface area contributed by atoms with Gasteiger partial charge in [0.15, 0.2) is 5.60 Å². The molecule has 0 spiro atoms. The lowest BCUT2D eigenvalue weighted by atomic mass is 9.90. The Balaban J connectivity index is 1.22. The molecule has 1 saturated heterocycles. The number of piperidine rings is 1. The molecule has 8 heteroatoms. The number of rotatable bonds is 8. The van der Waals surface area contributed by atoms with Crippen molar-refractivity contribution in [1.82, 2.24) is 10.2 Å². The van der Waals surface area contributed by atoms with Crippen LogP contribution in [0, 0.1) is 5.92 Å². The fourth-order valence-electron chi connectivity index (χ4n) is 5.07. The molecule has 1 atom stereocenters. The third-order valence-corrected chi connectivity index (χ3v) is 7.28. The summed E-state index contributed by atoms with van der Waals surface area (Å²) in [6, 6.07) is 16.3. The first kappa shape index (κ1) is 24.7. The summed E-state index contributed by atoms with van der Waals surface area (Å²) in [6.45, 7) is 3.05. The third kappa shape index (κ3) is 5.03. The van der Waals surface area contributed by atoms with E-state index in [0.717, 1.165) is 11.1 Å². The smallest absolute Gasteiger partial charge is 0.407 e. The minimum atomic E-state index is -1.22. The Morgan fingerprint density at radius 2 is 1.63 bits per heavy atom. The molecule has 0 radical (unpaired) electrons. The number of carboxylic acid groups (broad SMARTS) is 1. The second-order valence-electron chi connectivity index (χ2n) is 9.27. The number of aliphatic carboxylic acids is 1. The molecule has 0 aromatic heterocycles. The summed E-state index contributed by atoms with van der Waals surface area (Å²) in [4.78, 5) is 38.3. The van der Waals surface area contributed by atoms with E-state index in [4.69, 9.17) is 9.47 Å². The van der Waals surface area contributed by atoms with E-state index in [2.05, 4.69) is 29.6 Å².